The van der Waals surface area contributed by atoms with Gasteiger partial charge in [-0.15, -0.1) is 0 Å². The van der Waals surface area contributed by atoms with Crippen LogP contribution in [0.15, 0.2) is 0 Å². The molecule has 0 aromatic carbocycles. The van der Waals surface area contributed by atoms with Gasteiger partial charge in [0.1, 0.15) is 0 Å². The van der Waals surface area contributed by atoms with Gasteiger partial charge in [-0.05, 0) is 18.9 Å². The molecule has 3 heteroatoms. The second kappa shape index (κ2) is 3.91. The van der Waals surface area contributed by atoms with Gasteiger partial charge < -0.3 is 15.8 Å². The van der Waals surface area contributed by atoms with Gasteiger partial charge in [0.15, 0.2) is 0 Å². The normalized spacial score (nSPS) is 33.0. The maximum absolute atomic E-state index is 5.80. The molecule has 2 atom stereocenters. The van der Waals surface area contributed by atoms with Crippen LogP contribution in [-0.2, 0) is 4.74 Å². The Bertz CT molecular complexity index is 97.6. The molecular weight excluding hydrogens is 128 g/mol. The second-order valence-corrected chi connectivity index (χ2v) is 2.86. The lowest BCUT2D eigenvalue weighted by Gasteiger charge is -2.12. The number of hydrogen-bond donors (Lipinski definition) is 2. The lowest BCUT2D eigenvalue weighted by atomic mass is 10.0. The molecule has 60 valence electrons. The smallest absolute Gasteiger partial charge is 0.0465 e. The standard InChI is InChI=1S/C7H16N2O/c1-10-3-2-6-4-9-5-7(6)8/h6-7,9H,2-5,8H2,1H3/t6-,7+/m1/s1. The molecule has 0 saturated carbocycles. The van der Waals surface area contributed by atoms with Crippen LogP contribution < -0.4 is 11.1 Å². The van der Waals surface area contributed by atoms with Crippen molar-refractivity contribution < 1.29 is 4.74 Å². The second-order valence-electron chi connectivity index (χ2n) is 2.86. The largest absolute Gasteiger partial charge is 0.385 e. The zero-order chi connectivity index (χ0) is 7.40. The van der Waals surface area contributed by atoms with E-state index < -0.39 is 0 Å². The first-order chi connectivity index (χ1) is 4.84. The van der Waals surface area contributed by atoms with Crippen molar-refractivity contribution in [3.8, 4) is 0 Å². The van der Waals surface area contributed by atoms with Crippen LogP contribution in [-0.4, -0.2) is 32.8 Å². The molecule has 0 unspecified atom stereocenters. The zero-order valence-corrected chi connectivity index (χ0v) is 6.47. The third-order valence-electron chi connectivity index (χ3n) is 2.08. The molecule has 0 aromatic heterocycles. The number of methoxy groups -OCH3 is 1. The van der Waals surface area contributed by atoms with E-state index in [1.165, 1.54) is 0 Å². The Balaban J connectivity index is 2.14. The molecular formula is C7H16N2O. The van der Waals surface area contributed by atoms with E-state index in [4.69, 9.17) is 10.5 Å². The van der Waals surface area contributed by atoms with E-state index in [2.05, 4.69) is 5.32 Å². The van der Waals surface area contributed by atoms with Crippen molar-refractivity contribution in [2.24, 2.45) is 11.7 Å². The van der Waals surface area contributed by atoms with Crippen LogP contribution in [0.1, 0.15) is 6.42 Å². The molecule has 10 heavy (non-hydrogen) atoms. The van der Waals surface area contributed by atoms with Crippen LogP contribution in [0.25, 0.3) is 0 Å². The summed E-state index contributed by atoms with van der Waals surface area (Å²) in [5.74, 6) is 0.625. The Kier molecular flexibility index (Phi) is 3.12. The molecule has 0 bridgehead atoms. The highest BCUT2D eigenvalue weighted by atomic mass is 16.5. The van der Waals surface area contributed by atoms with Crippen LogP contribution in [0.2, 0.25) is 0 Å². The van der Waals surface area contributed by atoms with Crippen LogP contribution in [0, 0.1) is 5.92 Å². The third kappa shape index (κ3) is 1.94. The Hall–Kier alpha value is -0.120. The Morgan fingerprint density at radius 3 is 2.90 bits per heavy atom. The number of ether oxygens (including phenoxy) is 1. The van der Waals surface area contributed by atoms with Gasteiger partial charge in [-0.2, -0.15) is 0 Å². The number of rotatable bonds is 3. The molecule has 3 N–H and O–H groups in total. The SMILES string of the molecule is COCC[C@@H]1CNC[C@@H]1N. The zero-order valence-electron chi connectivity index (χ0n) is 6.47. The molecule has 3 nitrogen and oxygen atoms in total. The quantitative estimate of drug-likeness (QED) is 0.565. The lowest BCUT2D eigenvalue weighted by Crippen LogP contribution is -2.29. The van der Waals surface area contributed by atoms with Gasteiger partial charge in [0, 0.05) is 26.3 Å². The summed E-state index contributed by atoms with van der Waals surface area (Å²) in [5.41, 5.74) is 5.80. The van der Waals surface area contributed by atoms with Gasteiger partial charge in [-0.25, -0.2) is 0 Å². The first-order valence-corrected chi connectivity index (χ1v) is 3.80. The van der Waals surface area contributed by atoms with Crippen molar-refractivity contribution in [2.45, 2.75) is 12.5 Å². The van der Waals surface area contributed by atoms with Gasteiger partial charge in [0.25, 0.3) is 0 Å². The number of hydrogen-bond acceptors (Lipinski definition) is 3. The minimum absolute atomic E-state index is 0.343. The molecule has 0 amide bonds. The van der Waals surface area contributed by atoms with Gasteiger partial charge in [-0.3, -0.25) is 0 Å². The summed E-state index contributed by atoms with van der Waals surface area (Å²) in [4.78, 5) is 0. The van der Waals surface area contributed by atoms with Crippen LogP contribution in [0.3, 0.4) is 0 Å². The topological polar surface area (TPSA) is 47.3 Å². The van der Waals surface area contributed by atoms with Crippen molar-refractivity contribution in [3.05, 3.63) is 0 Å². The van der Waals surface area contributed by atoms with E-state index in [0.717, 1.165) is 26.1 Å². The summed E-state index contributed by atoms with van der Waals surface area (Å²) in [7, 11) is 1.73. The molecule has 1 aliphatic heterocycles. The van der Waals surface area contributed by atoms with E-state index >= 15 is 0 Å². The van der Waals surface area contributed by atoms with Crippen LogP contribution in [0.4, 0.5) is 0 Å². The van der Waals surface area contributed by atoms with Crippen LogP contribution >= 0.6 is 0 Å². The van der Waals surface area contributed by atoms with Gasteiger partial charge in [-0.1, -0.05) is 0 Å². The van der Waals surface area contributed by atoms with Gasteiger partial charge in [0.05, 0.1) is 0 Å². The van der Waals surface area contributed by atoms with E-state index in [1.807, 2.05) is 0 Å². The molecule has 1 aliphatic rings. The van der Waals surface area contributed by atoms with E-state index in [1.54, 1.807) is 7.11 Å². The highest BCUT2D eigenvalue weighted by Gasteiger charge is 2.22. The summed E-state index contributed by atoms with van der Waals surface area (Å²) in [6.07, 6.45) is 1.09. The summed E-state index contributed by atoms with van der Waals surface area (Å²) in [6.45, 7) is 2.86. The highest BCUT2D eigenvalue weighted by Crippen LogP contribution is 2.10. The molecule has 0 aliphatic carbocycles. The van der Waals surface area contributed by atoms with E-state index in [9.17, 15) is 0 Å². The van der Waals surface area contributed by atoms with Crippen molar-refractivity contribution in [2.75, 3.05) is 26.8 Å². The molecule has 1 heterocycles. The predicted molar refractivity (Wildman–Crippen MR) is 40.8 cm³/mol. The highest BCUT2D eigenvalue weighted by molar-refractivity contribution is 4.83. The first kappa shape index (κ1) is 7.98. The van der Waals surface area contributed by atoms with Gasteiger partial charge >= 0.3 is 0 Å². The number of nitrogens with two attached hydrogens (primary N) is 1. The average molecular weight is 144 g/mol. The van der Waals surface area contributed by atoms with Crippen molar-refractivity contribution in [1.29, 1.82) is 0 Å². The fourth-order valence-corrected chi connectivity index (χ4v) is 1.34. The average Bonchev–Trinajstić information content (AvgIpc) is 2.31. The molecule has 0 radical (unpaired) electrons. The van der Waals surface area contributed by atoms with Crippen molar-refractivity contribution in [3.63, 3.8) is 0 Å². The fraction of sp³-hybridized carbons (Fsp3) is 1.00. The first-order valence-electron chi connectivity index (χ1n) is 3.80. The van der Waals surface area contributed by atoms with Crippen molar-refractivity contribution in [1.82, 2.24) is 5.32 Å². The Morgan fingerprint density at radius 2 is 2.40 bits per heavy atom. The summed E-state index contributed by atoms with van der Waals surface area (Å²) in [6, 6.07) is 0.343. The Labute approximate surface area is 61.9 Å². The number of nitrogens with one attached hydrogen (secondary N) is 1. The summed E-state index contributed by atoms with van der Waals surface area (Å²) < 4.78 is 4.97. The molecule has 1 saturated heterocycles. The minimum Gasteiger partial charge on any atom is -0.385 e. The molecule has 0 aromatic rings. The van der Waals surface area contributed by atoms with Gasteiger partial charge in [0.2, 0.25) is 0 Å². The maximum Gasteiger partial charge on any atom is 0.0465 e. The van der Waals surface area contributed by atoms with E-state index in [-0.39, 0.29) is 0 Å². The van der Waals surface area contributed by atoms with Crippen LogP contribution in [0.5, 0.6) is 0 Å². The molecule has 1 fully saturated rings. The fourth-order valence-electron chi connectivity index (χ4n) is 1.34. The molecule has 0 spiro atoms. The monoisotopic (exact) mass is 144 g/mol. The lowest BCUT2D eigenvalue weighted by molar-refractivity contribution is 0.177. The summed E-state index contributed by atoms with van der Waals surface area (Å²) >= 11 is 0. The minimum atomic E-state index is 0.343. The Morgan fingerprint density at radius 1 is 1.60 bits per heavy atom. The maximum atomic E-state index is 5.80. The van der Waals surface area contributed by atoms with Crippen molar-refractivity contribution >= 4 is 0 Å². The third-order valence-corrected chi connectivity index (χ3v) is 2.08. The molecule has 1 rings (SSSR count). The summed E-state index contributed by atoms with van der Waals surface area (Å²) in [5, 5.41) is 3.25. The predicted octanol–water partition coefficient (Wildman–Crippen LogP) is -0.430. The van der Waals surface area contributed by atoms with E-state index in [0.29, 0.717) is 12.0 Å².